The van der Waals surface area contributed by atoms with E-state index in [9.17, 15) is 14.9 Å². The molecule has 2 aromatic rings. The van der Waals surface area contributed by atoms with E-state index in [1.807, 2.05) is 22.6 Å². The molecule has 1 N–H and O–H groups in total. The quantitative estimate of drug-likeness (QED) is 0.487. The molecule has 0 aliphatic heterocycles. The summed E-state index contributed by atoms with van der Waals surface area (Å²) in [6.07, 6.45) is 2.94. The number of carbonyl (C=O) groups is 1. The summed E-state index contributed by atoms with van der Waals surface area (Å²) in [5.74, 6) is -1.44. The van der Waals surface area contributed by atoms with Gasteiger partial charge in [-0.15, -0.1) is 0 Å². The van der Waals surface area contributed by atoms with E-state index >= 15 is 0 Å². The Morgan fingerprint density at radius 1 is 1.35 bits per heavy atom. The van der Waals surface area contributed by atoms with Gasteiger partial charge in [-0.3, -0.25) is 10.1 Å². The van der Waals surface area contributed by atoms with Crippen LogP contribution in [0, 0.1) is 13.7 Å². The van der Waals surface area contributed by atoms with Crippen molar-refractivity contribution in [3.05, 3.63) is 49.8 Å². The number of ether oxygens (including phenoxy) is 1. The first-order chi connectivity index (χ1) is 9.47. The fraction of sp³-hybridized carbons (Fsp3) is 0. The summed E-state index contributed by atoms with van der Waals surface area (Å²) in [6.45, 7) is 0. The minimum Gasteiger partial charge on any atom is -0.478 e. The highest BCUT2D eigenvalue weighted by molar-refractivity contribution is 14.1. The standard InChI is InChI=1S/C11H6IN3O5/c12-7-4-13-11(14-5-7)20-9-3-6(10(16)17)1-2-8(9)15(18)19/h1-5H,(H,16,17). The molecule has 0 spiro atoms. The summed E-state index contributed by atoms with van der Waals surface area (Å²) in [5.41, 5.74) is -0.492. The van der Waals surface area contributed by atoms with E-state index in [4.69, 9.17) is 9.84 Å². The highest BCUT2D eigenvalue weighted by Crippen LogP contribution is 2.30. The fourth-order valence-corrected chi connectivity index (χ4v) is 1.61. The van der Waals surface area contributed by atoms with Gasteiger partial charge in [-0.25, -0.2) is 14.8 Å². The topological polar surface area (TPSA) is 115 Å². The van der Waals surface area contributed by atoms with E-state index in [-0.39, 0.29) is 23.0 Å². The lowest BCUT2D eigenvalue weighted by atomic mass is 10.2. The van der Waals surface area contributed by atoms with Crippen molar-refractivity contribution in [1.29, 1.82) is 0 Å². The van der Waals surface area contributed by atoms with Crippen molar-refractivity contribution in [3.8, 4) is 11.8 Å². The molecule has 0 aliphatic rings. The van der Waals surface area contributed by atoms with Gasteiger partial charge in [-0.05, 0) is 28.7 Å². The van der Waals surface area contributed by atoms with Gasteiger partial charge in [0.05, 0.1) is 10.5 Å². The lowest BCUT2D eigenvalue weighted by molar-refractivity contribution is -0.385. The summed E-state index contributed by atoms with van der Waals surface area (Å²) in [6, 6.07) is 3.14. The molecule has 0 saturated carbocycles. The number of rotatable bonds is 4. The van der Waals surface area contributed by atoms with Crippen molar-refractivity contribution in [2.75, 3.05) is 0 Å². The maximum atomic E-state index is 10.9. The zero-order valence-electron chi connectivity index (χ0n) is 9.69. The van der Waals surface area contributed by atoms with Crippen molar-refractivity contribution in [3.63, 3.8) is 0 Å². The minimum absolute atomic E-state index is 0.101. The lowest BCUT2D eigenvalue weighted by Crippen LogP contribution is -2.01. The maximum absolute atomic E-state index is 10.9. The third-order valence-electron chi connectivity index (χ3n) is 2.20. The molecule has 0 amide bonds. The minimum atomic E-state index is -1.21. The highest BCUT2D eigenvalue weighted by atomic mass is 127. The van der Waals surface area contributed by atoms with Crippen LogP contribution in [0.3, 0.4) is 0 Å². The van der Waals surface area contributed by atoms with Gasteiger partial charge >= 0.3 is 17.7 Å². The molecule has 0 aliphatic carbocycles. The van der Waals surface area contributed by atoms with Crippen molar-refractivity contribution in [2.24, 2.45) is 0 Å². The Balaban J connectivity index is 2.41. The molecule has 0 unspecified atom stereocenters. The molecule has 102 valence electrons. The van der Waals surface area contributed by atoms with Gasteiger partial charge in [-0.1, -0.05) is 0 Å². The van der Waals surface area contributed by atoms with Crippen LogP contribution < -0.4 is 4.74 Å². The molecule has 1 aromatic carbocycles. The Morgan fingerprint density at radius 3 is 2.55 bits per heavy atom. The molecule has 2 rings (SSSR count). The Labute approximate surface area is 125 Å². The van der Waals surface area contributed by atoms with E-state index in [2.05, 4.69) is 9.97 Å². The molecule has 0 saturated heterocycles. The van der Waals surface area contributed by atoms with E-state index in [0.717, 1.165) is 21.8 Å². The molecule has 20 heavy (non-hydrogen) atoms. The zero-order chi connectivity index (χ0) is 14.7. The molecule has 0 bridgehead atoms. The number of carboxylic acid groups (broad SMARTS) is 1. The predicted octanol–water partition coefficient (Wildman–Crippen LogP) is 2.48. The summed E-state index contributed by atoms with van der Waals surface area (Å²) in [4.78, 5) is 28.8. The van der Waals surface area contributed by atoms with E-state index in [0.29, 0.717) is 0 Å². The van der Waals surface area contributed by atoms with E-state index in [1.54, 1.807) is 0 Å². The number of hydrogen-bond donors (Lipinski definition) is 1. The third-order valence-corrected chi connectivity index (χ3v) is 2.76. The Kier molecular flexibility index (Phi) is 4.08. The molecule has 0 radical (unpaired) electrons. The number of carboxylic acids is 1. The largest absolute Gasteiger partial charge is 0.478 e. The predicted molar refractivity (Wildman–Crippen MR) is 74.9 cm³/mol. The van der Waals surface area contributed by atoms with Crippen LogP contribution in [0.25, 0.3) is 0 Å². The van der Waals surface area contributed by atoms with Crippen LogP contribution in [0.15, 0.2) is 30.6 Å². The Bertz CT molecular complexity index is 674. The van der Waals surface area contributed by atoms with Gasteiger partial charge in [0.25, 0.3) is 0 Å². The Morgan fingerprint density at radius 2 is 2.00 bits per heavy atom. The first-order valence-corrected chi connectivity index (χ1v) is 6.22. The fourth-order valence-electron chi connectivity index (χ4n) is 1.33. The maximum Gasteiger partial charge on any atom is 0.335 e. The normalized spacial score (nSPS) is 10.1. The molecular formula is C11H6IN3O5. The number of aromatic carboxylic acids is 1. The van der Waals surface area contributed by atoms with Gasteiger partial charge in [0.1, 0.15) is 0 Å². The molecular weight excluding hydrogens is 381 g/mol. The molecule has 9 heteroatoms. The smallest absolute Gasteiger partial charge is 0.335 e. The first kappa shape index (κ1) is 14.1. The third kappa shape index (κ3) is 3.17. The van der Waals surface area contributed by atoms with Crippen molar-refractivity contribution in [2.45, 2.75) is 0 Å². The monoisotopic (exact) mass is 387 g/mol. The summed E-state index contributed by atoms with van der Waals surface area (Å²) in [5, 5.41) is 19.8. The van der Waals surface area contributed by atoms with Crippen LogP contribution in [0.5, 0.6) is 11.8 Å². The second kappa shape index (κ2) is 5.77. The number of hydrogen-bond acceptors (Lipinski definition) is 6. The van der Waals surface area contributed by atoms with Gasteiger partial charge in [0.15, 0.2) is 0 Å². The van der Waals surface area contributed by atoms with Gasteiger partial charge in [0.2, 0.25) is 5.75 Å². The van der Waals surface area contributed by atoms with Gasteiger partial charge in [0, 0.05) is 28.1 Å². The second-order valence-corrected chi connectivity index (χ2v) is 4.78. The molecule has 1 aromatic heterocycles. The Hall–Kier alpha value is -2.30. The zero-order valence-corrected chi connectivity index (χ0v) is 11.8. The summed E-state index contributed by atoms with van der Waals surface area (Å²) in [7, 11) is 0. The van der Waals surface area contributed by atoms with Gasteiger partial charge < -0.3 is 9.84 Å². The number of aromatic nitrogens is 2. The van der Waals surface area contributed by atoms with Crippen molar-refractivity contribution < 1.29 is 19.6 Å². The number of benzene rings is 1. The average molecular weight is 387 g/mol. The molecule has 0 atom stereocenters. The van der Waals surface area contributed by atoms with Crippen LogP contribution in [-0.2, 0) is 0 Å². The SMILES string of the molecule is O=C(O)c1ccc([N+](=O)[O-])c(Oc2ncc(I)cn2)c1. The van der Waals surface area contributed by atoms with Crippen molar-refractivity contribution in [1.82, 2.24) is 9.97 Å². The van der Waals surface area contributed by atoms with Crippen LogP contribution >= 0.6 is 22.6 Å². The number of nitro benzene ring substituents is 1. The molecule has 0 fully saturated rings. The number of nitro groups is 1. The molecule has 1 heterocycles. The van der Waals surface area contributed by atoms with Gasteiger partial charge in [-0.2, -0.15) is 0 Å². The lowest BCUT2D eigenvalue weighted by Gasteiger charge is -2.05. The van der Waals surface area contributed by atoms with Crippen LogP contribution in [-0.4, -0.2) is 26.0 Å². The number of nitrogens with zero attached hydrogens (tertiary/aromatic N) is 3. The van der Waals surface area contributed by atoms with Crippen molar-refractivity contribution >= 4 is 34.2 Å². The van der Waals surface area contributed by atoms with Crippen LogP contribution in [0.1, 0.15) is 10.4 Å². The highest BCUT2D eigenvalue weighted by Gasteiger charge is 2.19. The molecule has 8 nitrogen and oxygen atoms in total. The van der Waals surface area contributed by atoms with Crippen LogP contribution in [0.4, 0.5) is 5.69 Å². The van der Waals surface area contributed by atoms with Crippen LogP contribution in [0.2, 0.25) is 0 Å². The van der Waals surface area contributed by atoms with E-state index in [1.165, 1.54) is 12.4 Å². The summed E-state index contributed by atoms with van der Waals surface area (Å²) < 4.78 is 5.95. The summed E-state index contributed by atoms with van der Waals surface area (Å²) >= 11 is 1.99. The first-order valence-electron chi connectivity index (χ1n) is 5.14. The second-order valence-electron chi connectivity index (χ2n) is 3.53. The van der Waals surface area contributed by atoms with E-state index < -0.39 is 10.9 Å². The average Bonchev–Trinajstić information content (AvgIpc) is 2.41. The number of halogens is 1.